The van der Waals surface area contributed by atoms with Crippen molar-refractivity contribution in [3.8, 4) is 57.5 Å². The first-order chi connectivity index (χ1) is 60.4. The second kappa shape index (κ2) is 45.1. The molecule has 12 aromatic carbocycles. The number of piperazine rings is 1. The highest BCUT2D eigenvalue weighted by molar-refractivity contribution is 6.08. The minimum absolute atomic E-state index is 0.0199. The molecule has 36 heteroatoms. The Balaban J connectivity index is 0.000000184. The summed E-state index contributed by atoms with van der Waals surface area (Å²) in [7, 11) is 12.3. The number of quaternary nitrogens is 1. The average molecular weight is 1730 g/mol. The highest BCUT2D eigenvalue weighted by Crippen LogP contribution is 2.35. The Hall–Kier alpha value is -16.9. The molecule has 127 heavy (non-hydrogen) atoms. The maximum absolute atomic E-state index is 12.4. The zero-order valence-electron chi connectivity index (χ0n) is 70.5. The quantitative estimate of drug-likeness (QED) is 0.0175. The molecule has 13 aromatic rings. The van der Waals surface area contributed by atoms with Gasteiger partial charge in [0.15, 0.2) is 0 Å². The predicted molar refractivity (Wildman–Crippen MR) is 486 cm³/mol. The topological polar surface area (TPSA) is 594 Å². The van der Waals surface area contributed by atoms with E-state index in [1.54, 1.807) is 81.6 Å². The van der Waals surface area contributed by atoms with Crippen molar-refractivity contribution >= 4 is 109 Å². The standard InChI is InChI=1S/C18H16N2O2.C15H16N2O3.C14H21N3O3.C14H14N2O3.C13H14N2O2.C9H12N2O2.C8H8N6O2/c19-15-7-8-17(21)16(10-15)18(22)20-11-12-5-6-13-3-1-2-4-14(13)9-12;16-11-6-7-14(18)13(10-11)15(19)17-8-9-20-12-4-2-1-3-5-12;1-17(2)6-4-16(5-7-17)14(19)10-8-11(15)13(20-3)9-12(10)18;15-10-5-6-13(18)11(7-10)14(19)16-8-9-3-1-2-4-12(9)17;1-15(2)13(17)10-7-11(14)8-5-3-4-6-9(8)12(10)16;1-11(2)9(13)7-5-6(10)3-4-8(7)12;9-4-1-2-6(15)5(3-4)7(16)10-8-11-13-14-12-8/h1-10,21H,11,19H2,(H,20,22);1-7,10,18H,8-9,16H2,(H,17,19);8-9H,4-7,15H2,1-3H3;1-7,17-18H,8,15H2,(H,16,19);3-7,16H,14H2,1-2H3;3-5,12H,10H2,1-2H3;1-3,15H,9H2,(H2,10,11,12,13,14,16)/p+1. The number of aromatic hydroxyl groups is 8. The number of nitrogens with two attached hydrogens (primary N) is 7. The van der Waals surface area contributed by atoms with Crippen LogP contribution in [-0.4, -0.2) is 211 Å². The van der Waals surface area contributed by atoms with Crippen LogP contribution in [0.1, 0.15) is 83.6 Å². The normalized spacial score (nSPS) is 11.4. The van der Waals surface area contributed by atoms with Gasteiger partial charge in [0, 0.05) is 97.8 Å². The molecule has 0 spiro atoms. The summed E-state index contributed by atoms with van der Waals surface area (Å²) in [5.41, 5.74) is 45.2. The van der Waals surface area contributed by atoms with Crippen molar-refractivity contribution in [2.24, 2.45) is 0 Å². The number of tetrazole rings is 1. The first-order valence-electron chi connectivity index (χ1n) is 38.9. The Bertz CT molecular complexity index is 6010. The van der Waals surface area contributed by atoms with Crippen molar-refractivity contribution < 1.29 is 88.4 Å². The molecule has 0 aliphatic carbocycles. The van der Waals surface area contributed by atoms with Gasteiger partial charge in [-0.15, -0.1) is 5.10 Å². The van der Waals surface area contributed by atoms with Crippen molar-refractivity contribution in [1.82, 2.24) is 51.3 Å². The molecule has 36 nitrogen and oxygen atoms in total. The molecule has 0 atom stereocenters. The summed E-state index contributed by atoms with van der Waals surface area (Å²) in [4.78, 5) is 87.8. The van der Waals surface area contributed by atoms with Gasteiger partial charge < -0.3 is 126 Å². The van der Waals surface area contributed by atoms with Gasteiger partial charge in [-0.3, -0.25) is 38.9 Å². The first kappa shape index (κ1) is 95.6. The van der Waals surface area contributed by atoms with Gasteiger partial charge in [-0.25, -0.2) is 0 Å². The maximum atomic E-state index is 12.4. The van der Waals surface area contributed by atoms with E-state index in [0.717, 1.165) is 45.0 Å². The number of phenols is 8. The zero-order chi connectivity index (χ0) is 92.8. The number of aromatic nitrogens is 4. The van der Waals surface area contributed by atoms with Crippen LogP contribution in [0.5, 0.6) is 57.5 Å². The SMILES string of the molecule is CN(C)C(=O)c1cc(N)c2ccccc2c1O.CN(C)C(=O)c1cc(N)ccc1O.COc1cc(O)c(C(=O)N2CC[N+](C)(C)CC2)cc1N.Nc1ccc(O)c(C(=O)NCCOc2ccccc2)c1.Nc1ccc(O)c(C(=O)NCc2ccc3ccccc3c2)c1.Nc1ccc(O)c(C(=O)NCc2ccccc2O)c1.Nc1ccc(O)c(C(=O)Nc2nn[nH]n2)c1. The van der Waals surface area contributed by atoms with Crippen molar-refractivity contribution in [2.75, 3.05) is 134 Å². The lowest BCUT2D eigenvalue weighted by Crippen LogP contribution is -2.56. The fraction of sp³-hybridized carbons (Fsp3) is 0.165. The van der Waals surface area contributed by atoms with Gasteiger partial charge in [0.05, 0.1) is 98.6 Å². The molecular formula is C91H102N19O17+. The molecule has 1 saturated heterocycles. The van der Waals surface area contributed by atoms with Gasteiger partial charge in [-0.05, 0) is 149 Å². The molecule has 1 fully saturated rings. The molecule has 1 aliphatic rings. The fourth-order valence-electron chi connectivity index (χ4n) is 11.9. The van der Waals surface area contributed by atoms with E-state index in [2.05, 4.69) is 56.0 Å². The van der Waals surface area contributed by atoms with Crippen LogP contribution in [0.3, 0.4) is 0 Å². The fourth-order valence-corrected chi connectivity index (χ4v) is 11.9. The summed E-state index contributed by atoms with van der Waals surface area (Å²) in [5.74, 6) is -1.85. The molecule has 2 heterocycles. The number of phenolic OH excluding ortho intramolecular Hbond substituents is 8. The van der Waals surface area contributed by atoms with Crippen molar-refractivity contribution in [1.29, 1.82) is 0 Å². The van der Waals surface area contributed by atoms with Crippen molar-refractivity contribution in [2.45, 2.75) is 13.1 Å². The van der Waals surface area contributed by atoms with Gasteiger partial charge in [0.2, 0.25) is 0 Å². The minimum atomic E-state index is -0.564. The van der Waals surface area contributed by atoms with E-state index in [-0.39, 0.29) is 127 Å². The number of aromatic amines is 1. The third kappa shape index (κ3) is 27.8. The van der Waals surface area contributed by atoms with Crippen LogP contribution in [0.2, 0.25) is 0 Å². The molecule has 0 unspecified atom stereocenters. The molecule has 662 valence electrons. The van der Waals surface area contributed by atoms with Crippen LogP contribution in [0.4, 0.5) is 45.8 Å². The second-order valence-corrected chi connectivity index (χ2v) is 29.3. The number of carbonyl (C=O) groups is 7. The summed E-state index contributed by atoms with van der Waals surface area (Å²) in [6.45, 7) is 4.39. The summed E-state index contributed by atoms with van der Waals surface area (Å²) in [5, 5.41) is 104. The number of rotatable bonds is 17. The maximum Gasteiger partial charge on any atom is 0.270 e. The van der Waals surface area contributed by atoms with Crippen LogP contribution < -0.4 is 70.9 Å². The number of methoxy groups -OCH3 is 1. The number of carbonyl (C=O) groups excluding carboxylic acids is 7. The van der Waals surface area contributed by atoms with Crippen LogP contribution in [-0.2, 0) is 13.1 Å². The third-order valence-electron chi connectivity index (χ3n) is 18.9. The number of amides is 7. The Kier molecular flexibility index (Phi) is 33.9. The number of nitrogen functional groups attached to an aromatic ring is 7. The average Bonchev–Trinajstić information content (AvgIpc) is 0.874. The van der Waals surface area contributed by atoms with Crippen LogP contribution in [0.15, 0.2) is 231 Å². The van der Waals surface area contributed by atoms with E-state index < -0.39 is 11.8 Å². The number of benzene rings is 12. The molecule has 7 amide bonds. The molecular weight excluding hydrogens is 1630 g/mol. The van der Waals surface area contributed by atoms with E-state index in [1.165, 1.54) is 114 Å². The summed E-state index contributed by atoms with van der Waals surface area (Å²) in [6.07, 6.45) is 0. The lowest BCUT2D eigenvalue weighted by molar-refractivity contribution is -0.894. The van der Waals surface area contributed by atoms with E-state index in [0.29, 0.717) is 89.3 Å². The second-order valence-electron chi connectivity index (χ2n) is 29.3. The molecule has 0 radical (unpaired) electrons. The highest BCUT2D eigenvalue weighted by Gasteiger charge is 2.30. The summed E-state index contributed by atoms with van der Waals surface area (Å²) >= 11 is 0. The van der Waals surface area contributed by atoms with Crippen LogP contribution in [0.25, 0.3) is 21.5 Å². The number of likely N-dealkylation sites (N-methyl/N-ethyl adjacent to an activating group) is 1. The first-order valence-corrected chi connectivity index (χ1v) is 38.9. The molecule has 14 rings (SSSR count). The number of nitrogens with one attached hydrogen (secondary N) is 5. The van der Waals surface area contributed by atoms with E-state index >= 15 is 0 Å². The van der Waals surface area contributed by atoms with E-state index in [9.17, 15) is 74.4 Å². The van der Waals surface area contributed by atoms with E-state index in [4.69, 9.17) is 49.6 Å². The number of ether oxygens (including phenoxy) is 2. The van der Waals surface area contributed by atoms with Gasteiger partial charge in [-0.2, -0.15) is 5.21 Å². The van der Waals surface area contributed by atoms with E-state index in [1.807, 2.05) is 84.9 Å². The Labute approximate surface area is 730 Å². The van der Waals surface area contributed by atoms with Crippen molar-refractivity contribution in [3.05, 3.63) is 281 Å². The number of nitrogens with zero attached hydrogens (tertiary/aromatic N) is 7. The molecule has 0 saturated carbocycles. The summed E-state index contributed by atoms with van der Waals surface area (Å²) in [6, 6.07) is 63.3. The van der Waals surface area contributed by atoms with Gasteiger partial charge in [0.25, 0.3) is 47.3 Å². The number of hydrogen-bond donors (Lipinski definition) is 20. The zero-order valence-corrected chi connectivity index (χ0v) is 70.5. The molecule has 1 aliphatic heterocycles. The number of para-hydroxylation sites is 2. The Morgan fingerprint density at radius 1 is 0.441 bits per heavy atom. The molecule has 0 bridgehead atoms. The van der Waals surface area contributed by atoms with Gasteiger partial charge in [-0.1, -0.05) is 102 Å². The number of H-pyrrole nitrogens is 1. The smallest absolute Gasteiger partial charge is 0.270 e. The molecule has 1 aromatic heterocycles. The predicted octanol–water partition coefficient (Wildman–Crippen LogP) is 9.21. The van der Waals surface area contributed by atoms with Gasteiger partial charge in [0.1, 0.15) is 64.1 Å². The number of hydrogen-bond acceptors (Lipinski definition) is 27. The minimum Gasteiger partial charge on any atom is -0.508 e. The Morgan fingerprint density at radius 3 is 1.40 bits per heavy atom. The third-order valence-corrected chi connectivity index (χ3v) is 18.9. The largest absolute Gasteiger partial charge is 0.508 e. The number of fused-ring (bicyclic) bond motifs is 2. The number of anilines is 8. The Morgan fingerprint density at radius 2 is 0.890 bits per heavy atom. The summed E-state index contributed by atoms with van der Waals surface area (Å²) < 4.78 is 11.4. The lowest BCUT2D eigenvalue weighted by atomic mass is 10.0. The highest BCUT2D eigenvalue weighted by atomic mass is 16.5. The lowest BCUT2D eigenvalue weighted by Gasteiger charge is -2.39. The van der Waals surface area contributed by atoms with Gasteiger partial charge >= 0.3 is 0 Å². The van der Waals surface area contributed by atoms with Crippen LogP contribution >= 0.6 is 0 Å². The monoisotopic (exact) mass is 1730 g/mol. The molecule has 27 N–H and O–H groups in total. The van der Waals surface area contributed by atoms with Crippen LogP contribution in [0, 0.1) is 0 Å². The van der Waals surface area contributed by atoms with Crippen molar-refractivity contribution in [3.63, 3.8) is 0 Å².